The molecule has 2 N–H and O–H groups in total. The molecule has 0 fully saturated rings. The predicted molar refractivity (Wildman–Crippen MR) is 107 cm³/mol. The molecule has 0 aliphatic heterocycles. The number of benzene rings is 1. The molecule has 2 heterocycles. The quantitative estimate of drug-likeness (QED) is 0.323. The Morgan fingerprint density at radius 3 is 2.86 bits per heavy atom. The van der Waals surface area contributed by atoms with Gasteiger partial charge in [0.2, 0.25) is 5.16 Å². The molecular formula is C20H19N3O5S. The summed E-state index contributed by atoms with van der Waals surface area (Å²) >= 11 is 0.940. The number of hydrogen-bond acceptors (Lipinski definition) is 7. The largest absolute Gasteiger partial charge is 0.477 e. The number of carboxylic acids is 1. The summed E-state index contributed by atoms with van der Waals surface area (Å²) in [6, 6.07) is 10.2. The number of carboxylic acid groups (broad SMARTS) is 1. The summed E-state index contributed by atoms with van der Waals surface area (Å²) in [7, 11) is 1.31. The first kappa shape index (κ1) is 20.4. The molecule has 0 saturated heterocycles. The van der Waals surface area contributed by atoms with Gasteiger partial charge >= 0.3 is 11.9 Å². The van der Waals surface area contributed by atoms with Crippen molar-refractivity contribution in [3.05, 3.63) is 58.5 Å². The van der Waals surface area contributed by atoms with Gasteiger partial charge in [-0.1, -0.05) is 19.1 Å². The van der Waals surface area contributed by atoms with Crippen molar-refractivity contribution in [3.8, 4) is 11.3 Å². The zero-order chi connectivity index (χ0) is 20.8. The Bertz CT molecular complexity index is 1050. The number of aromatic nitrogens is 3. The molecule has 3 rings (SSSR count). The highest BCUT2D eigenvalue weighted by atomic mass is 32.2. The number of aromatic amines is 1. The van der Waals surface area contributed by atoms with E-state index in [0.717, 1.165) is 24.6 Å². The van der Waals surface area contributed by atoms with Crippen LogP contribution in [0, 0.1) is 0 Å². The fraction of sp³-hybridized carbons (Fsp3) is 0.200. The third-order valence-corrected chi connectivity index (χ3v) is 4.76. The Morgan fingerprint density at radius 2 is 2.14 bits per heavy atom. The van der Waals surface area contributed by atoms with Crippen LogP contribution in [-0.4, -0.2) is 39.3 Å². The second kappa shape index (κ2) is 9.24. The number of nitrogens with one attached hydrogen (secondary N) is 1. The summed E-state index contributed by atoms with van der Waals surface area (Å²) in [5.74, 6) is 0.0163. The molecule has 9 heteroatoms. The van der Waals surface area contributed by atoms with Crippen LogP contribution in [0.1, 0.15) is 35.3 Å². The van der Waals surface area contributed by atoms with Crippen LogP contribution in [0.25, 0.3) is 17.4 Å². The molecule has 0 saturated carbocycles. The van der Waals surface area contributed by atoms with E-state index in [1.807, 2.05) is 6.92 Å². The summed E-state index contributed by atoms with van der Waals surface area (Å²) in [6.45, 7) is 2.02. The average molecular weight is 413 g/mol. The van der Waals surface area contributed by atoms with Gasteiger partial charge in [0.05, 0.1) is 12.7 Å². The first-order chi connectivity index (χ1) is 14.0. The minimum absolute atomic E-state index is 0.0243. The number of esters is 1. The van der Waals surface area contributed by atoms with Gasteiger partial charge in [-0.15, -0.1) is 5.10 Å². The number of nitrogens with zero attached hydrogens (tertiary/aromatic N) is 2. The van der Waals surface area contributed by atoms with Gasteiger partial charge < -0.3 is 14.3 Å². The molecule has 0 aliphatic carbocycles. The monoisotopic (exact) mass is 413 g/mol. The SMILES string of the molecule is CCCc1nc(S/C(=C/c2ccc(-c3cccc(C(=O)OC)c3)o2)C(=O)O)n[nH]1. The first-order valence-electron chi connectivity index (χ1n) is 8.83. The van der Waals surface area contributed by atoms with Gasteiger partial charge in [-0.25, -0.2) is 14.6 Å². The van der Waals surface area contributed by atoms with Crippen LogP contribution in [0.4, 0.5) is 0 Å². The van der Waals surface area contributed by atoms with E-state index >= 15 is 0 Å². The minimum Gasteiger partial charge on any atom is -0.477 e. The number of carbonyl (C=O) groups excluding carboxylic acids is 1. The van der Waals surface area contributed by atoms with Gasteiger partial charge in [-0.2, -0.15) is 0 Å². The van der Waals surface area contributed by atoms with Crippen molar-refractivity contribution in [3.63, 3.8) is 0 Å². The normalized spacial score (nSPS) is 11.4. The maximum Gasteiger partial charge on any atom is 0.342 e. The molecule has 3 aromatic rings. The van der Waals surface area contributed by atoms with Crippen LogP contribution < -0.4 is 0 Å². The van der Waals surface area contributed by atoms with Crippen molar-refractivity contribution >= 4 is 29.8 Å². The van der Waals surface area contributed by atoms with E-state index in [0.29, 0.717) is 33.6 Å². The van der Waals surface area contributed by atoms with E-state index < -0.39 is 11.9 Å². The number of carbonyl (C=O) groups is 2. The molecule has 0 radical (unpaired) electrons. The molecule has 0 amide bonds. The smallest absolute Gasteiger partial charge is 0.342 e. The molecule has 2 aromatic heterocycles. The molecule has 0 spiro atoms. The molecule has 0 atom stereocenters. The van der Waals surface area contributed by atoms with E-state index in [1.54, 1.807) is 36.4 Å². The van der Waals surface area contributed by atoms with Crippen LogP contribution in [0.15, 0.2) is 50.9 Å². The fourth-order valence-corrected chi connectivity index (χ4v) is 3.24. The zero-order valence-electron chi connectivity index (χ0n) is 15.8. The number of aliphatic carboxylic acids is 1. The van der Waals surface area contributed by atoms with Crippen LogP contribution in [0.3, 0.4) is 0 Å². The van der Waals surface area contributed by atoms with E-state index in [-0.39, 0.29) is 4.91 Å². The fourth-order valence-electron chi connectivity index (χ4n) is 2.54. The number of methoxy groups -OCH3 is 1. The number of H-pyrrole nitrogens is 1. The zero-order valence-corrected chi connectivity index (χ0v) is 16.7. The van der Waals surface area contributed by atoms with Crippen molar-refractivity contribution < 1.29 is 23.8 Å². The molecule has 29 heavy (non-hydrogen) atoms. The Kier molecular flexibility index (Phi) is 6.50. The van der Waals surface area contributed by atoms with Crippen molar-refractivity contribution in [1.82, 2.24) is 15.2 Å². The molecule has 8 nitrogen and oxygen atoms in total. The lowest BCUT2D eigenvalue weighted by Crippen LogP contribution is -2.00. The highest BCUT2D eigenvalue weighted by Gasteiger charge is 2.15. The Morgan fingerprint density at radius 1 is 1.31 bits per heavy atom. The van der Waals surface area contributed by atoms with Gasteiger partial charge in [0, 0.05) is 18.1 Å². The van der Waals surface area contributed by atoms with E-state index in [1.165, 1.54) is 13.2 Å². The van der Waals surface area contributed by atoms with E-state index in [2.05, 4.69) is 15.2 Å². The Hall–Kier alpha value is -3.33. The van der Waals surface area contributed by atoms with Crippen molar-refractivity contribution in [1.29, 1.82) is 0 Å². The standard InChI is InChI=1S/C20H19N3O5S/c1-3-5-17-21-20(23-22-17)29-16(18(24)25)11-14-8-9-15(28-14)12-6-4-7-13(10-12)19(26)27-2/h4,6-11H,3,5H2,1-2H3,(H,24,25)(H,21,22,23)/b16-11+. The molecule has 0 unspecified atom stereocenters. The van der Waals surface area contributed by atoms with E-state index in [4.69, 9.17) is 9.15 Å². The maximum atomic E-state index is 11.7. The van der Waals surface area contributed by atoms with Gasteiger partial charge in [0.1, 0.15) is 22.3 Å². The predicted octanol–water partition coefficient (Wildman–Crippen LogP) is 4.02. The average Bonchev–Trinajstić information content (AvgIpc) is 3.37. The number of furan rings is 1. The second-order valence-corrected chi connectivity index (χ2v) is 7.01. The maximum absolute atomic E-state index is 11.7. The van der Waals surface area contributed by atoms with E-state index in [9.17, 15) is 14.7 Å². The lowest BCUT2D eigenvalue weighted by Gasteiger charge is -2.01. The summed E-state index contributed by atoms with van der Waals surface area (Å²) < 4.78 is 10.5. The van der Waals surface area contributed by atoms with Crippen molar-refractivity contribution in [2.24, 2.45) is 0 Å². The number of aryl methyl sites for hydroxylation is 1. The van der Waals surface area contributed by atoms with Crippen LogP contribution >= 0.6 is 11.8 Å². The van der Waals surface area contributed by atoms with Crippen LogP contribution in [0.5, 0.6) is 0 Å². The highest BCUT2D eigenvalue weighted by Crippen LogP contribution is 2.29. The molecule has 150 valence electrons. The van der Waals surface area contributed by atoms with Gasteiger partial charge in [0.25, 0.3) is 0 Å². The molecule has 1 aromatic carbocycles. The highest BCUT2D eigenvalue weighted by molar-refractivity contribution is 8.04. The number of thioether (sulfide) groups is 1. The third-order valence-electron chi connectivity index (χ3n) is 3.88. The summed E-state index contributed by atoms with van der Waals surface area (Å²) in [6.07, 6.45) is 3.07. The Balaban J connectivity index is 1.82. The lowest BCUT2D eigenvalue weighted by molar-refractivity contribution is -0.131. The number of hydrogen-bond donors (Lipinski definition) is 2. The number of rotatable bonds is 8. The second-order valence-electron chi connectivity index (χ2n) is 6.00. The summed E-state index contributed by atoms with van der Waals surface area (Å²) in [5, 5.41) is 16.7. The van der Waals surface area contributed by atoms with Gasteiger partial charge in [-0.3, -0.25) is 5.10 Å². The summed E-state index contributed by atoms with van der Waals surface area (Å²) in [5.41, 5.74) is 1.07. The lowest BCUT2D eigenvalue weighted by atomic mass is 10.1. The molecular weight excluding hydrogens is 394 g/mol. The minimum atomic E-state index is -1.11. The topological polar surface area (TPSA) is 118 Å². The Labute approximate surface area is 171 Å². The third kappa shape index (κ3) is 5.14. The summed E-state index contributed by atoms with van der Waals surface area (Å²) in [4.78, 5) is 27.6. The van der Waals surface area contributed by atoms with Crippen LogP contribution in [0.2, 0.25) is 0 Å². The first-order valence-corrected chi connectivity index (χ1v) is 9.64. The van der Waals surface area contributed by atoms with Crippen molar-refractivity contribution in [2.45, 2.75) is 24.9 Å². The molecule has 0 bridgehead atoms. The van der Waals surface area contributed by atoms with Gasteiger partial charge in [-0.05, 0) is 42.4 Å². The van der Waals surface area contributed by atoms with Crippen molar-refractivity contribution in [2.75, 3.05) is 7.11 Å². The number of ether oxygens (including phenoxy) is 1. The molecule has 0 aliphatic rings. The van der Waals surface area contributed by atoms with Gasteiger partial charge in [0.15, 0.2) is 0 Å². The van der Waals surface area contributed by atoms with Crippen LogP contribution in [-0.2, 0) is 16.0 Å².